The number of alkyl halides is 6. The molecular weight excluding hydrogens is 891 g/mol. The Balaban J connectivity index is 0.894. The van der Waals surface area contributed by atoms with Crippen LogP contribution in [0.4, 0.5) is 58.7 Å². The maximum absolute atomic E-state index is 14.3. The summed E-state index contributed by atoms with van der Waals surface area (Å²) in [4.78, 5) is 65.0. The minimum absolute atomic E-state index is 0.0591. The highest BCUT2D eigenvalue weighted by Crippen LogP contribution is 2.42. The molecule has 0 unspecified atom stereocenters. The Kier molecular flexibility index (Phi) is 11.1. The number of urea groups is 2. The summed E-state index contributed by atoms with van der Waals surface area (Å²) in [6, 6.07) is 18.6. The first kappa shape index (κ1) is 43.9. The Hall–Kier alpha value is -7.29. The van der Waals surface area contributed by atoms with Gasteiger partial charge in [-0.2, -0.15) is 26.3 Å². The lowest BCUT2D eigenvalue weighted by molar-refractivity contribution is -0.138. The summed E-state index contributed by atoms with van der Waals surface area (Å²) in [6.45, 7) is 1.58. The second-order valence-electron chi connectivity index (χ2n) is 16.3. The number of anilines is 4. The second kappa shape index (κ2) is 16.6. The van der Waals surface area contributed by atoms with Crippen molar-refractivity contribution in [3.8, 4) is 0 Å². The predicted octanol–water partition coefficient (Wildman–Crippen LogP) is 6.23. The lowest BCUT2D eigenvalue weighted by atomic mass is 9.95. The molecule has 4 aromatic carbocycles. The maximum atomic E-state index is 14.3. The number of carbonyl (C=O) groups excluding carboxylic acids is 4. The van der Waals surface area contributed by atoms with Gasteiger partial charge in [-0.1, -0.05) is 36.4 Å². The lowest BCUT2D eigenvalue weighted by Gasteiger charge is -2.34. The first-order valence-corrected chi connectivity index (χ1v) is 21.1. The van der Waals surface area contributed by atoms with Gasteiger partial charge in [-0.3, -0.25) is 19.4 Å². The third-order valence-electron chi connectivity index (χ3n) is 12.3. The smallest absolute Gasteiger partial charge is 0.399 e. The largest absolute Gasteiger partial charge is 0.416 e. The molecule has 0 aliphatic carbocycles. The number of carbonyl (C=O) groups is 4. The van der Waals surface area contributed by atoms with Crippen molar-refractivity contribution in [3.05, 3.63) is 142 Å². The van der Waals surface area contributed by atoms with Crippen LogP contribution in [0.5, 0.6) is 0 Å². The van der Waals surface area contributed by atoms with E-state index in [0.717, 1.165) is 34.1 Å². The standard InChI is InChI=1S/C45H40F6N10O4S/c46-44(47,48)27-3-1-5-31(21-27)60-33-23-58(39(62)35(33)37(54-41(60)64)25-7-11-29(52)12-8-25)19-17-56-15-16-57(43(56)66)18-20-59-24-34-36(40(59)63)38(26-9-13-30(53)14-10-26)55-42(65)61(34)32-6-2-4-28(22-32)45(49,50)51/h1-14,21-22,37-38H,15-20,23-24,52-53H2,(H,54,64)(H,55,65)/t37-,38-/m1/s1. The average Bonchev–Trinajstić information content (AvgIpc) is 3.92. The molecule has 5 heterocycles. The fraction of sp³-hybridized carbons (Fsp3) is 0.267. The molecule has 0 spiro atoms. The number of nitrogens with one attached hydrogen (secondary N) is 2. The lowest BCUT2D eigenvalue weighted by Crippen LogP contribution is -2.47. The van der Waals surface area contributed by atoms with Gasteiger partial charge in [0.15, 0.2) is 5.11 Å². The van der Waals surface area contributed by atoms with Crippen LogP contribution in [0.2, 0.25) is 0 Å². The number of thiocarbonyl (C=S) groups is 1. The van der Waals surface area contributed by atoms with E-state index in [2.05, 4.69) is 10.6 Å². The van der Waals surface area contributed by atoms with Crippen molar-refractivity contribution in [3.63, 3.8) is 0 Å². The van der Waals surface area contributed by atoms with Crippen molar-refractivity contribution in [1.29, 1.82) is 0 Å². The van der Waals surface area contributed by atoms with E-state index >= 15 is 0 Å². The van der Waals surface area contributed by atoms with Gasteiger partial charge in [0.1, 0.15) is 0 Å². The molecule has 0 radical (unpaired) electrons. The molecule has 14 nitrogen and oxygen atoms in total. The number of halogens is 6. The molecule has 1 fully saturated rings. The monoisotopic (exact) mass is 930 g/mol. The highest BCUT2D eigenvalue weighted by atomic mass is 32.1. The first-order chi connectivity index (χ1) is 31.4. The van der Waals surface area contributed by atoms with Crippen LogP contribution >= 0.6 is 12.2 Å². The molecule has 9 rings (SSSR count). The van der Waals surface area contributed by atoms with Crippen molar-refractivity contribution in [1.82, 2.24) is 30.2 Å². The minimum atomic E-state index is -4.68. The van der Waals surface area contributed by atoms with E-state index in [9.17, 15) is 45.5 Å². The number of hydrogen-bond acceptors (Lipinski definition) is 7. The molecule has 21 heteroatoms. The highest BCUT2D eigenvalue weighted by molar-refractivity contribution is 7.80. The van der Waals surface area contributed by atoms with Gasteiger partial charge in [-0.25, -0.2) is 9.59 Å². The Morgan fingerprint density at radius 1 is 0.545 bits per heavy atom. The quantitative estimate of drug-likeness (QED) is 0.0821. The normalized spacial score (nSPS) is 20.2. The molecule has 0 saturated carbocycles. The van der Waals surface area contributed by atoms with Gasteiger partial charge in [0.2, 0.25) is 0 Å². The number of nitrogens with zero attached hydrogens (tertiary/aromatic N) is 6. The topological polar surface area (TPSA) is 164 Å². The Labute approximate surface area is 378 Å². The van der Waals surface area contributed by atoms with Crippen LogP contribution in [0.25, 0.3) is 0 Å². The molecule has 5 aliphatic rings. The van der Waals surface area contributed by atoms with Crippen molar-refractivity contribution < 1.29 is 45.5 Å². The first-order valence-electron chi connectivity index (χ1n) is 20.7. The molecular formula is C45H40F6N10O4S. The number of hydrogen-bond donors (Lipinski definition) is 4. The van der Waals surface area contributed by atoms with Gasteiger partial charge in [-0.15, -0.1) is 0 Å². The van der Waals surface area contributed by atoms with E-state index in [1.807, 2.05) is 9.80 Å². The number of nitrogen functional groups attached to an aromatic ring is 2. The van der Waals surface area contributed by atoms with E-state index in [4.69, 9.17) is 23.7 Å². The maximum Gasteiger partial charge on any atom is 0.416 e. The number of benzene rings is 4. The molecule has 0 bridgehead atoms. The molecule has 2 atom stereocenters. The Bertz CT molecular complexity index is 2540. The van der Waals surface area contributed by atoms with Gasteiger partial charge < -0.3 is 41.7 Å². The van der Waals surface area contributed by atoms with E-state index < -0.39 is 59.4 Å². The zero-order chi connectivity index (χ0) is 46.8. The third kappa shape index (κ3) is 8.07. The molecule has 5 aliphatic heterocycles. The molecule has 0 aromatic heterocycles. The molecule has 4 aromatic rings. The predicted molar refractivity (Wildman–Crippen MR) is 235 cm³/mol. The van der Waals surface area contributed by atoms with Crippen LogP contribution < -0.4 is 31.9 Å². The van der Waals surface area contributed by atoms with Crippen molar-refractivity contribution in [2.75, 3.05) is 73.6 Å². The molecule has 342 valence electrons. The molecule has 6 N–H and O–H groups in total. The van der Waals surface area contributed by atoms with Crippen LogP contribution in [-0.2, 0) is 21.9 Å². The van der Waals surface area contributed by atoms with E-state index in [1.165, 1.54) is 34.1 Å². The van der Waals surface area contributed by atoms with E-state index in [-0.39, 0.29) is 73.2 Å². The second-order valence-corrected chi connectivity index (χ2v) is 16.7. The Morgan fingerprint density at radius 3 is 1.27 bits per heavy atom. The van der Waals surface area contributed by atoms with Crippen molar-refractivity contribution in [2.45, 2.75) is 24.4 Å². The summed E-state index contributed by atoms with van der Waals surface area (Å²) in [6.07, 6.45) is -9.36. The van der Waals surface area contributed by atoms with Crippen LogP contribution in [0.15, 0.2) is 120 Å². The fourth-order valence-electron chi connectivity index (χ4n) is 8.95. The zero-order valence-electron chi connectivity index (χ0n) is 34.7. The highest BCUT2D eigenvalue weighted by Gasteiger charge is 2.47. The molecule has 6 amide bonds. The summed E-state index contributed by atoms with van der Waals surface area (Å²) in [7, 11) is 0. The Morgan fingerprint density at radius 2 is 0.909 bits per heavy atom. The van der Waals surface area contributed by atoms with Gasteiger partial charge in [0.05, 0.1) is 70.2 Å². The van der Waals surface area contributed by atoms with Gasteiger partial charge in [-0.05, 0) is 84.0 Å². The number of nitrogens with two attached hydrogens (primary N) is 2. The summed E-state index contributed by atoms with van der Waals surface area (Å²) in [5.74, 6) is -0.835. The van der Waals surface area contributed by atoms with E-state index in [0.29, 0.717) is 40.7 Å². The summed E-state index contributed by atoms with van der Waals surface area (Å²) < 4.78 is 82.7. The molecule has 1 saturated heterocycles. The minimum Gasteiger partial charge on any atom is -0.399 e. The van der Waals surface area contributed by atoms with Gasteiger partial charge in [0.25, 0.3) is 11.8 Å². The average molecular weight is 931 g/mol. The van der Waals surface area contributed by atoms with E-state index in [1.54, 1.807) is 48.5 Å². The number of amides is 6. The third-order valence-corrected chi connectivity index (χ3v) is 12.8. The van der Waals surface area contributed by atoms with Crippen LogP contribution in [0, 0.1) is 0 Å². The summed E-state index contributed by atoms with van der Waals surface area (Å²) in [5, 5.41) is 6.04. The van der Waals surface area contributed by atoms with Crippen LogP contribution in [0.3, 0.4) is 0 Å². The summed E-state index contributed by atoms with van der Waals surface area (Å²) in [5.41, 5.74) is 12.7. The van der Waals surface area contributed by atoms with Crippen molar-refractivity contribution >= 4 is 64.0 Å². The zero-order valence-corrected chi connectivity index (χ0v) is 35.5. The van der Waals surface area contributed by atoms with Gasteiger partial charge >= 0.3 is 24.4 Å². The van der Waals surface area contributed by atoms with Crippen LogP contribution in [-0.4, -0.2) is 101 Å². The summed E-state index contributed by atoms with van der Waals surface area (Å²) >= 11 is 5.87. The van der Waals surface area contributed by atoms with Crippen molar-refractivity contribution in [2.24, 2.45) is 0 Å². The molecule has 66 heavy (non-hydrogen) atoms. The van der Waals surface area contributed by atoms with Gasteiger partial charge in [0, 0.05) is 50.6 Å². The SMILES string of the molecule is Nc1ccc([C@H]2NC(=O)N(c3cccc(C(F)(F)F)c3)C3=C2C(=O)N(CCN2CCN(CCN4CC5=C(C4=O)[C@@H](c4ccc(N)cc4)NC(=O)N5c4cccc(C(F)(F)F)c4)C2=S)C3)cc1. The fourth-order valence-corrected chi connectivity index (χ4v) is 9.31. The number of rotatable bonds is 10. The van der Waals surface area contributed by atoms with Crippen LogP contribution in [0.1, 0.15) is 34.3 Å².